The minimum atomic E-state index is 0. The Balaban J connectivity index is 0.00000338. The maximum atomic E-state index is 5.32. The van der Waals surface area contributed by atoms with Gasteiger partial charge < -0.3 is 15.0 Å². The number of rotatable bonds is 8. The molecule has 0 saturated carbocycles. The lowest BCUT2D eigenvalue weighted by Gasteiger charge is -2.21. The van der Waals surface area contributed by atoms with Crippen molar-refractivity contribution in [3.05, 3.63) is 46.4 Å². The summed E-state index contributed by atoms with van der Waals surface area (Å²) in [4.78, 5) is 12.4. The number of guanidine groups is 1. The Morgan fingerprint density at radius 3 is 2.77 bits per heavy atom. The number of nitrogens with zero attached hydrogens (tertiary/aromatic N) is 3. The lowest BCUT2D eigenvalue weighted by molar-refractivity contribution is 0.119. The van der Waals surface area contributed by atoms with E-state index in [9.17, 15) is 0 Å². The smallest absolute Gasteiger partial charge is 0.193 e. The molecule has 1 aromatic heterocycles. The first-order valence-electron chi connectivity index (χ1n) is 8.20. The summed E-state index contributed by atoms with van der Waals surface area (Å²) < 4.78 is 5.32. The predicted molar refractivity (Wildman–Crippen MR) is 123 cm³/mol. The van der Waals surface area contributed by atoms with E-state index >= 15 is 0 Å². The second kappa shape index (κ2) is 12.5. The molecule has 1 heterocycles. The number of hydrogen-bond donors (Lipinski definition) is 1. The lowest BCUT2D eigenvalue weighted by atomic mass is 10.4. The van der Waals surface area contributed by atoms with Crippen LogP contribution >= 0.6 is 47.1 Å². The van der Waals surface area contributed by atoms with Crippen LogP contribution in [0.2, 0.25) is 0 Å². The second-order valence-corrected chi connectivity index (χ2v) is 7.60. The van der Waals surface area contributed by atoms with Gasteiger partial charge in [-0.05, 0) is 19.1 Å². The first-order valence-corrected chi connectivity index (χ1v) is 10.1. The van der Waals surface area contributed by atoms with E-state index in [2.05, 4.69) is 49.8 Å². The topological polar surface area (TPSA) is 49.8 Å². The number of aliphatic imine (C=N–C) groups is 1. The fourth-order valence-corrected chi connectivity index (χ4v) is 3.87. The first-order chi connectivity index (χ1) is 12.1. The van der Waals surface area contributed by atoms with Crippen LogP contribution in [0.4, 0.5) is 0 Å². The fraction of sp³-hybridized carbons (Fsp3) is 0.444. The molecule has 0 saturated heterocycles. The van der Waals surface area contributed by atoms with Gasteiger partial charge in [0.25, 0.3) is 0 Å². The number of thioether (sulfide) groups is 1. The van der Waals surface area contributed by atoms with Crippen molar-refractivity contribution in [1.82, 2.24) is 15.2 Å². The highest BCUT2D eigenvalue weighted by Crippen LogP contribution is 2.21. The van der Waals surface area contributed by atoms with Gasteiger partial charge in [-0.2, -0.15) is 0 Å². The maximum Gasteiger partial charge on any atom is 0.193 e. The van der Waals surface area contributed by atoms with Gasteiger partial charge in [0.1, 0.15) is 11.1 Å². The molecule has 1 aromatic carbocycles. The number of aromatic nitrogens is 1. The number of ether oxygens (including phenoxy) is 1. The van der Waals surface area contributed by atoms with Crippen molar-refractivity contribution in [2.75, 3.05) is 33.5 Å². The quantitative estimate of drug-likeness (QED) is 0.191. The highest BCUT2D eigenvalue weighted by molar-refractivity contribution is 14.0. The lowest BCUT2D eigenvalue weighted by Crippen LogP contribution is -2.39. The number of methoxy groups -OCH3 is 1. The van der Waals surface area contributed by atoms with E-state index in [-0.39, 0.29) is 30.1 Å². The van der Waals surface area contributed by atoms with E-state index in [4.69, 9.17) is 4.74 Å². The summed E-state index contributed by atoms with van der Waals surface area (Å²) in [5.41, 5.74) is 1.04. The SMILES string of the molecule is CN=C(NCCSc1ccccc1)N(C)Cc1csc(C(C)OC)n1.I. The minimum absolute atomic E-state index is 0. The number of thiazole rings is 1. The van der Waals surface area contributed by atoms with E-state index in [1.807, 2.05) is 38.8 Å². The Morgan fingerprint density at radius 1 is 1.38 bits per heavy atom. The molecule has 2 rings (SSSR count). The van der Waals surface area contributed by atoms with Gasteiger partial charge in [0.15, 0.2) is 5.96 Å². The number of nitrogens with one attached hydrogen (secondary N) is 1. The van der Waals surface area contributed by atoms with Gasteiger partial charge in [0.2, 0.25) is 0 Å². The third kappa shape index (κ3) is 7.42. The van der Waals surface area contributed by atoms with Gasteiger partial charge in [-0.25, -0.2) is 4.98 Å². The van der Waals surface area contributed by atoms with Crippen LogP contribution in [0.1, 0.15) is 23.7 Å². The summed E-state index contributed by atoms with van der Waals surface area (Å²) in [6.07, 6.45) is 0.0384. The monoisotopic (exact) mass is 506 g/mol. The molecule has 0 bridgehead atoms. The molecule has 2 aromatic rings. The van der Waals surface area contributed by atoms with Crippen molar-refractivity contribution in [2.45, 2.75) is 24.5 Å². The van der Waals surface area contributed by atoms with Crippen LogP contribution in [0.15, 0.2) is 45.6 Å². The van der Waals surface area contributed by atoms with Gasteiger partial charge in [0.05, 0.1) is 12.2 Å². The molecule has 26 heavy (non-hydrogen) atoms. The molecule has 0 spiro atoms. The minimum Gasteiger partial charge on any atom is -0.375 e. The largest absolute Gasteiger partial charge is 0.375 e. The van der Waals surface area contributed by atoms with Crippen LogP contribution in [0.3, 0.4) is 0 Å². The second-order valence-electron chi connectivity index (χ2n) is 5.55. The normalized spacial score (nSPS) is 12.4. The van der Waals surface area contributed by atoms with Crippen molar-refractivity contribution >= 4 is 53.0 Å². The van der Waals surface area contributed by atoms with Crippen LogP contribution in [0.25, 0.3) is 0 Å². The average molecular weight is 506 g/mol. The van der Waals surface area contributed by atoms with E-state index in [1.54, 1.807) is 18.4 Å². The highest BCUT2D eigenvalue weighted by Gasteiger charge is 2.12. The highest BCUT2D eigenvalue weighted by atomic mass is 127. The summed E-state index contributed by atoms with van der Waals surface area (Å²) in [6, 6.07) is 10.4. The Labute approximate surface area is 181 Å². The van der Waals surface area contributed by atoms with Gasteiger partial charge in [-0.15, -0.1) is 47.1 Å². The molecule has 0 amide bonds. The zero-order chi connectivity index (χ0) is 18.1. The zero-order valence-electron chi connectivity index (χ0n) is 15.6. The van der Waals surface area contributed by atoms with Crippen molar-refractivity contribution in [3.63, 3.8) is 0 Å². The van der Waals surface area contributed by atoms with Crippen LogP contribution < -0.4 is 5.32 Å². The Kier molecular flexibility index (Phi) is 11.2. The van der Waals surface area contributed by atoms with Crippen molar-refractivity contribution in [2.24, 2.45) is 4.99 Å². The molecule has 8 heteroatoms. The molecule has 0 radical (unpaired) electrons. The number of hydrogen-bond acceptors (Lipinski definition) is 5. The molecular weight excluding hydrogens is 479 g/mol. The van der Waals surface area contributed by atoms with Gasteiger partial charge in [-0.3, -0.25) is 4.99 Å². The van der Waals surface area contributed by atoms with E-state index in [0.717, 1.165) is 35.5 Å². The predicted octanol–water partition coefficient (Wildman–Crippen LogP) is 4.27. The standard InChI is InChI=1S/C18H26N4OS2.HI/c1-14(23-4)17-21-15(13-25-17)12-22(3)18(19-2)20-10-11-24-16-8-6-5-7-9-16;/h5-9,13-14H,10-12H2,1-4H3,(H,19,20);1H. The third-order valence-electron chi connectivity index (χ3n) is 3.64. The van der Waals surface area contributed by atoms with E-state index in [1.165, 1.54) is 4.90 Å². The van der Waals surface area contributed by atoms with Crippen molar-refractivity contribution < 1.29 is 4.74 Å². The molecule has 1 atom stereocenters. The van der Waals surface area contributed by atoms with Crippen LogP contribution in [0, 0.1) is 0 Å². The van der Waals surface area contributed by atoms with Gasteiger partial charge in [-0.1, -0.05) is 18.2 Å². The van der Waals surface area contributed by atoms with Crippen LogP contribution in [-0.4, -0.2) is 49.3 Å². The van der Waals surface area contributed by atoms with Crippen LogP contribution in [0.5, 0.6) is 0 Å². The summed E-state index contributed by atoms with van der Waals surface area (Å²) in [5.74, 6) is 1.87. The average Bonchev–Trinajstić information content (AvgIpc) is 3.10. The Bertz CT molecular complexity index is 666. The summed E-state index contributed by atoms with van der Waals surface area (Å²) in [6.45, 7) is 3.59. The molecule has 0 aliphatic heterocycles. The van der Waals surface area contributed by atoms with Crippen LogP contribution in [-0.2, 0) is 11.3 Å². The number of benzene rings is 1. The molecule has 1 unspecified atom stereocenters. The maximum absolute atomic E-state index is 5.32. The zero-order valence-corrected chi connectivity index (χ0v) is 19.6. The van der Waals surface area contributed by atoms with Gasteiger partial charge in [0, 0.05) is 43.8 Å². The molecule has 0 fully saturated rings. The van der Waals surface area contributed by atoms with E-state index < -0.39 is 0 Å². The molecule has 1 N–H and O–H groups in total. The molecule has 0 aliphatic rings. The summed E-state index contributed by atoms with van der Waals surface area (Å²) in [7, 11) is 5.54. The fourth-order valence-electron chi connectivity index (χ4n) is 2.23. The Morgan fingerprint density at radius 2 is 2.12 bits per heavy atom. The summed E-state index contributed by atoms with van der Waals surface area (Å²) >= 11 is 3.47. The van der Waals surface area contributed by atoms with Crippen molar-refractivity contribution in [1.29, 1.82) is 0 Å². The van der Waals surface area contributed by atoms with Gasteiger partial charge >= 0.3 is 0 Å². The molecular formula is C18H27IN4OS2. The first kappa shape index (κ1) is 23.2. The summed E-state index contributed by atoms with van der Waals surface area (Å²) in [5, 5.41) is 6.50. The van der Waals surface area contributed by atoms with E-state index in [0.29, 0.717) is 0 Å². The molecule has 144 valence electrons. The van der Waals surface area contributed by atoms with Crippen molar-refractivity contribution in [3.8, 4) is 0 Å². The molecule has 0 aliphatic carbocycles. The number of halogens is 1. The molecule has 5 nitrogen and oxygen atoms in total. The third-order valence-corrected chi connectivity index (χ3v) is 5.71. The Hall–Kier alpha value is -0.840.